The molecule has 1 N–H and O–H groups in total. The first kappa shape index (κ1) is 17.7. The zero-order valence-corrected chi connectivity index (χ0v) is 14.7. The third-order valence-corrected chi connectivity index (χ3v) is 5.02. The van der Waals surface area contributed by atoms with E-state index in [1.807, 2.05) is 4.90 Å². The van der Waals surface area contributed by atoms with E-state index >= 15 is 0 Å². The van der Waals surface area contributed by atoms with Gasteiger partial charge in [0.05, 0.1) is 13.2 Å². The molecule has 0 aromatic heterocycles. The second-order valence-corrected chi connectivity index (χ2v) is 6.68. The van der Waals surface area contributed by atoms with Crippen molar-refractivity contribution < 1.29 is 19.1 Å². The van der Waals surface area contributed by atoms with Crippen LogP contribution in [0.15, 0.2) is 24.3 Å². The number of methoxy groups -OCH3 is 1. The zero-order chi connectivity index (χ0) is 17.6. The molecule has 25 heavy (non-hydrogen) atoms. The molecule has 0 unspecified atom stereocenters. The van der Waals surface area contributed by atoms with Gasteiger partial charge < -0.3 is 19.7 Å². The zero-order valence-electron chi connectivity index (χ0n) is 14.7. The molecule has 0 spiro atoms. The first-order valence-electron chi connectivity index (χ1n) is 9.00. The molecule has 2 saturated heterocycles. The number of amides is 2. The third-order valence-electron chi connectivity index (χ3n) is 5.02. The summed E-state index contributed by atoms with van der Waals surface area (Å²) in [7, 11) is 1.60. The van der Waals surface area contributed by atoms with Crippen LogP contribution in [-0.2, 0) is 9.53 Å². The summed E-state index contributed by atoms with van der Waals surface area (Å²) in [4.78, 5) is 26.7. The van der Waals surface area contributed by atoms with Gasteiger partial charge in [-0.2, -0.15) is 0 Å². The van der Waals surface area contributed by atoms with E-state index in [-0.39, 0.29) is 23.8 Å². The summed E-state index contributed by atoms with van der Waals surface area (Å²) in [5.41, 5.74) is 0.655. The first-order chi connectivity index (χ1) is 12.2. The molecule has 1 aromatic rings. The summed E-state index contributed by atoms with van der Waals surface area (Å²) in [6.07, 6.45) is 3.68. The van der Waals surface area contributed by atoms with Crippen LogP contribution in [0.5, 0.6) is 5.75 Å². The van der Waals surface area contributed by atoms with Crippen molar-refractivity contribution in [2.75, 3.05) is 33.4 Å². The summed E-state index contributed by atoms with van der Waals surface area (Å²) < 4.78 is 10.6. The molecule has 2 heterocycles. The fourth-order valence-electron chi connectivity index (χ4n) is 3.43. The number of piperidine rings is 1. The number of rotatable bonds is 5. The van der Waals surface area contributed by atoms with Crippen molar-refractivity contribution in [1.29, 1.82) is 0 Å². The Hall–Kier alpha value is -2.08. The molecule has 1 aromatic carbocycles. The number of carbonyl (C=O) groups excluding carboxylic acids is 2. The molecule has 1 atom stereocenters. The standard InChI is InChI=1S/C19H26N2O4/c1-24-16-6-4-15(5-7-16)19(23)21-10-8-14(9-11-21)18(22)20-13-17-3-2-12-25-17/h4-7,14,17H,2-3,8-13H2,1H3,(H,20,22)/t17-/m0/s1. The van der Waals surface area contributed by atoms with Gasteiger partial charge in [0, 0.05) is 37.7 Å². The predicted molar refractivity (Wildman–Crippen MR) is 93.6 cm³/mol. The van der Waals surface area contributed by atoms with Gasteiger partial charge >= 0.3 is 0 Å². The van der Waals surface area contributed by atoms with Gasteiger partial charge in [-0.25, -0.2) is 0 Å². The van der Waals surface area contributed by atoms with Gasteiger partial charge in [0.1, 0.15) is 5.75 Å². The van der Waals surface area contributed by atoms with Crippen LogP contribution in [0, 0.1) is 5.92 Å². The van der Waals surface area contributed by atoms with Crippen LogP contribution >= 0.6 is 0 Å². The Labute approximate surface area is 148 Å². The molecule has 136 valence electrons. The van der Waals surface area contributed by atoms with Crippen molar-refractivity contribution in [3.05, 3.63) is 29.8 Å². The van der Waals surface area contributed by atoms with Crippen LogP contribution in [0.4, 0.5) is 0 Å². The Morgan fingerprint density at radius 3 is 2.52 bits per heavy atom. The fraction of sp³-hybridized carbons (Fsp3) is 0.579. The average molecular weight is 346 g/mol. The maximum absolute atomic E-state index is 12.5. The molecule has 2 fully saturated rings. The number of hydrogen-bond donors (Lipinski definition) is 1. The van der Waals surface area contributed by atoms with Gasteiger partial charge in [0.15, 0.2) is 0 Å². The first-order valence-corrected chi connectivity index (χ1v) is 9.00. The number of carbonyl (C=O) groups is 2. The maximum atomic E-state index is 12.5. The lowest BCUT2D eigenvalue weighted by atomic mass is 9.95. The van der Waals surface area contributed by atoms with E-state index in [1.165, 1.54) is 0 Å². The van der Waals surface area contributed by atoms with Crippen molar-refractivity contribution in [3.63, 3.8) is 0 Å². The van der Waals surface area contributed by atoms with Crippen LogP contribution in [0.3, 0.4) is 0 Å². The van der Waals surface area contributed by atoms with Gasteiger partial charge in [0.2, 0.25) is 5.91 Å². The maximum Gasteiger partial charge on any atom is 0.253 e. The number of nitrogens with one attached hydrogen (secondary N) is 1. The Morgan fingerprint density at radius 2 is 1.92 bits per heavy atom. The molecule has 2 aliphatic heterocycles. The quantitative estimate of drug-likeness (QED) is 0.883. The minimum Gasteiger partial charge on any atom is -0.497 e. The highest BCUT2D eigenvalue weighted by molar-refractivity contribution is 5.94. The van der Waals surface area contributed by atoms with E-state index in [0.29, 0.717) is 38.0 Å². The van der Waals surface area contributed by atoms with Crippen LogP contribution in [0.1, 0.15) is 36.0 Å². The predicted octanol–water partition coefficient (Wildman–Crippen LogP) is 1.84. The minimum atomic E-state index is -0.0127. The number of ether oxygens (including phenoxy) is 2. The lowest BCUT2D eigenvalue weighted by Crippen LogP contribution is -2.44. The number of hydrogen-bond acceptors (Lipinski definition) is 4. The highest BCUT2D eigenvalue weighted by atomic mass is 16.5. The van der Waals surface area contributed by atoms with E-state index in [2.05, 4.69) is 5.32 Å². The van der Waals surface area contributed by atoms with Crippen LogP contribution < -0.4 is 10.1 Å². The van der Waals surface area contributed by atoms with Crippen LogP contribution in [0.2, 0.25) is 0 Å². The summed E-state index contributed by atoms with van der Waals surface area (Å²) in [5, 5.41) is 3.00. The van der Waals surface area contributed by atoms with Crippen LogP contribution in [-0.4, -0.2) is 56.2 Å². The van der Waals surface area contributed by atoms with Crippen LogP contribution in [0.25, 0.3) is 0 Å². The van der Waals surface area contributed by atoms with E-state index in [9.17, 15) is 9.59 Å². The monoisotopic (exact) mass is 346 g/mol. The molecule has 0 bridgehead atoms. The van der Waals surface area contributed by atoms with E-state index in [4.69, 9.17) is 9.47 Å². The second-order valence-electron chi connectivity index (χ2n) is 6.68. The lowest BCUT2D eigenvalue weighted by molar-refractivity contribution is -0.126. The average Bonchev–Trinajstić information content (AvgIpc) is 3.19. The molecule has 6 heteroatoms. The normalized spacial score (nSPS) is 21.2. The second kappa shape index (κ2) is 8.34. The molecule has 0 radical (unpaired) electrons. The van der Waals surface area contributed by atoms with Crippen molar-refractivity contribution in [2.24, 2.45) is 5.92 Å². The molecule has 6 nitrogen and oxygen atoms in total. The molecular formula is C19H26N2O4. The lowest BCUT2D eigenvalue weighted by Gasteiger charge is -2.31. The Morgan fingerprint density at radius 1 is 1.20 bits per heavy atom. The molecule has 0 aliphatic carbocycles. The Kier molecular flexibility index (Phi) is 5.91. The Balaban J connectivity index is 1.45. The highest BCUT2D eigenvalue weighted by Crippen LogP contribution is 2.21. The summed E-state index contributed by atoms with van der Waals surface area (Å²) in [5.74, 6) is 0.826. The number of benzene rings is 1. The van der Waals surface area contributed by atoms with Crippen molar-refractivity contribution in [2.45, 2.75) is 31.8 Å². The molecule has 3 rings (SSSR count). The van der Waals surface area contributed by atoms with Gasteiger partial charge in [0.25, 0.3) is 5.91 Å². The summed E-state index contributed by atoms with van der Waals surface area (Å²) >= 11 is 0. The highest BCUT2D eigenvalue weighted by Gasteiger charge is 2.28. The molecule has 2 amide bonds. The fourth-order valence-corrected chi connectivity index (χ4v) is 3.43. The van der Waals surface area contributed by atoms with Crippen molar-refractivity contribution in [3.8, 4) is 5.75 Å². The number of nitrogens with zero attached hydrogens (tertiary/aromatic N) is 1. The molecule has 0 saturated carbocycles. The van der Waals surface area contributed by atoms with Gasteiger partial charge in [-0.1, -0.05) is 0 Å². The third kappa shape index (κ3) is 4.51. The smallest absolute Gasteiger partial charge is 0.253 e. The molecular weight excluding hydrogens is 320 g/mol. The largest absolute Gasteiger partial charge is 0.497 e. The van der Waals surface area contributed by atoms with E-state index in [1.54, 1.807) is 31.4 Å². The van der Waals surface area contributed by atoms with Gasteiger partial charge in [-0.15, -0.1) is 0 Å². The van der Waals surface area contributed by atoms with Crippen molar-refractivity contribution in [1.82, 2.24) is 10.2 Å². The van der Waals surface area contributed by atoms with E-state index < -0.39 is 0 Å². The van der Waals surface area contributed by atoms with Crippen molar-refractivity contribution >= 4 is 11.8 Å². The van der Waals surface area contributed by atoms with Gasteiger partial charge in [-0.05, 0) is 49.9 Å². The Bertz CT molecular complexity index is 588. The molecule has 2 aliphatic rings. The summed E-state index contributed by atoms with van der Waals surface area (Å²) in [6.45, 7) is 2.63. The minimum absolute atomic E-state index is 0.0127. The summed E-state index contributed by atoms with van der Waals surface area (Å²) in [6, 6.07) is 7.14. The topological polar surface area (TPSA) is 67.9 Å². The van der Waals surface area contributed by atoms with E-state index in [0.717, 1.165) is 25.2 Å². The van der Waals surface area contributed by atoms with Gasteiger partial charge in [-0.3, -0.25) is 9.59 Å². The number of likely N-dealkylation sites (tertiary alicyclic amines) is 1. The SMILES string of the molecule is COc1ccc(C(=O)N2CCC(C(=O)NC[C@@H]3CCCO3)CC2)cc1.